The molecule has 0 saturated heterocycles. The largest absolute Gasteiger partial charge is 0.460 e. The minimum atomic E-state index is 0.305. The maximum absolute atomic E-state index is 11.3. The molecule has 1 unspecified atom stereocenters. The first kappa shape index (κ1) is 9.64. The van der Waals surface area contributed by atoms with Crippen molar-refractivity contribution in [1.82, 2.24) is 0 Å². The Morgan fingerprint density at radius 3 is 2.94 bits per heavy atom. The summed E-state index contributed by atoms with van der Waals surface area (Å²) in [6.45, 7) is 2.05. The molecule has 2 heteroatoms. The highest BCUT2D eigenvalue weighted by atomic mass is 16.3. The van der Waals surface area contributed by atoms with Crippen molar-refractivity contribution < 1.29 is 9.21 Å². The van der Waals surface area contributed by atoms with Crippen molar-refractivity contribution in [3.05, 3.63) is 35.6 Å². The monoisotopic (exact) mass is 214 g/mol. The van der Waals surface area contributed by atoms with E-state index in [4.69, 9.17) is 4.42 Å². The lowest BCUT2D eigenvalue weighted by Crippen LogP contribution is -1.91. The number of fused-ring (bicyclic) bond motifs is 1. The molecule has 82 valence electrons. The van der Waals surface area contributed by atoms with Crippen LogP contribution in [0.3, 0.4) is 0 Å². The smallest absolute Gasteiger partial charge is 0.137 e. The van der Waals surface area contributed by atoms with Gasteiger partial charge in [-0.25, -0.2) is 0 Å². The molecule has 0 radical (unpaired) electrons. The molecule has 2 nitrogen and oxygen atoms in total. The van der Waals surface area contributed by atoms with Crippen molar-refractivity contribution in [3.8, 4) is 0 Å². The highest BCUT2D eigenvalue weighted by Crippen LogP contribution is 2.35. The molecular weight excluding hydrogens is 200 g/mol. The lowest BCUT2D eigenvalue weighted by Gasteiger charge is -2.01. The Morgan fingerprint density at radius 1 is 1.38 bits per heavy atom. The van der Waals surface area contributed by atoms with Crippen LogP contribution in [-0.4, -0.2) is 5.78 Å². The van der Waals surface area contributed by atoms with Gasteiger partial charge in [0.15, 0.2) is 0 Å². The fraction of sp³-hybridized carbons (Fsp3) is 0.357. The van der Waals surface area contributed by atoms with E-state index in [1.807, 2.05) is 6.07 Å². The third-order valence-electron chi connectivity index (χ3n) is 3.41. The van der Waals surface area contributed by atoms with Crippen LogP contribution < -0.4 is 0 Å². The molecule has 1 aromatic heterocycles. The predicted molar refractivity (Wildman–Crippen MR) is 62.6 cm³/mol. The predicted octanol–water partition coefficient (Wildman–Crippen LogP) is 3.58. The highest BCUT2D eigenvalue weighted by Gasteiger charge is 2.26. The standard InChI is InChI=1S/C14H14O2/c1-9-3-2-4-11-8-13(16-14(9)11)10-5-6-12(15)7-10/h2-4,8,10H,5-7H2,1H3. The summed E-state index contributed by atoms with van der Waals surface area (Å²) in [5, 5.41) is 1.15. The van der Waals surface area contributed by atoms with Crippen LogP contribution in [0.25, 0.3) is 11.0 Å². The minimum Gasteiger partial charge on any atom is -0.460 e. The van der Waals surface area contributed by atoms with E-state index < -0.39 is 0 Å². The summed E-state index contributed by atoms with van der Waals surface area (Å²) in [5.41, 5.74) is 2.13. The van der Waals surface area contributed by atoms with Gasteiger partial charge in [-0.3, -0.25) is 4.79 Å². The molecule has 0 N–H and O–H groups in total. The lowest BCUT2D eigenvalue weighted by atomic mass is 10.0. The molecule has 1 saturated carbocycles. The average molecular weight is 214 g/mol. The fourth-order valence-corrected chi connectivity index (χ4v) is 2.49. The third-order valence-corrected chi connectivity index (χ3v) is 3.41. The van der Waals surface area contributed by atoms with Gasteiger partial charge in [-0.1, -0.05) is 18.2 Å². The second-order valence-corrected chi connectivity index (χ2v) is 4.62. The van der Waals surface area contributed by atoms with Crippen molar-refractivity contribution >= 4 is 16.8 Å². The summed E-state index contributed by atoms with van der Waals surface area (Å²) in [6, 6.07) is 8.24. The summed E-state index contributed by atoms with van der Waals surface area (Å²) in [5.74, 6) is 1.65. The van der Waals surface area contributed by atoms with Crippen LogP contribution in [0.5, 0.6) is 0 Å². The first-order chi connectivity index (χ1) is 7.74. The topological polar surface area (TPSA) is 30.2 Å². The zero-order valence-electron chi connectivity index (χ0n) is 9.32. The normalized spacial score (nSPS) is 20.8. The number of rotatable bonds is 1. The van der Waals surface area contributed by atoms with Gasteiger partial charge < -0.3 is 4.42 Å². The Morgan fingerprint density at radius 2 is 2.25 bits per heavy atom. The van der Waals surface area contributed by atoms with E-state index in [-0.39, 0.29) is 0 Å². The maximum Gasteiger partial charge on any atom is 0.137 e. The van der Waals surface area contributed by atoms with E-state index >= 15 is 0 Å². The molecule has 1 atom stereocenters. The van der Waals surface area contributed by atoms with E-state index in [1.54, 1.807) is 0 Å². The highest BCUT2D eigenvalue weighted by molar-refractivity contribution is 5.83. The van der Waals surface area contributed by atoms with Crippen LogP contribution in [-0.2, 0) is 4.79 Å². The molecule has 1 fully saturated rings. The van der Waals surface area contributed by atoms with Crippen LogP contribution in [0.1, 0.15) is 36.5 Å². The number of hydrogen-bond donors (Lipinski definition) is 0. The van der Waals surface area contributed by atoms with Gasteiger partial charge in [-0.05, 0) is 25.0 Å². The number of ketones is 1. The number of benzene rings is 1. The first-order valence-electron chi connectivity index (χ1n) is 5.75. The molecule has 1 aliphatic rings. The van der Waals surface area contributed by atoms with Crippen molar-refractivity contribution in [1.29, 1.82) is 0 Å². The fourth-order valence-electron chi connectivity index (χ4n) is 2.49. The Hall–Kier alpha value is -1.57. The van der Waals surface area contributed by atoms with Gasteiger partial charge in [0.25, 0.3) is 0 Å². The van der Waals surface area contributed by atoms with Crippen molar-refractivity contribution in [3.63, 3.8) is 0 Å². The number of carbonyl (C=O) groups excluding carboxylic acids is 1. The molecule has 1 aromatic carbocycles. The molecule has 1 aliphatic carbocycles. The van der Waals surface area contributed by atoms with Crippen molar-refractivity contribution in [2.45, 2.75) is 32.1 Å². The van der Waals surface area contributed by atoms with Crippen LogP contribution in [0.4, 0.5) is 0 Å². The summed E-state index contributed by atoms with van der Waals surface area (Å²) in [6.07, 6.45) is 2.30. The van der Waals surface area contributed by atoms with Gasteiger partial charge in [0.1, 0.15) is 17.1 Å². The Kier molecular flexibility index (Phi) is 2.10. The van der Waals surface area contributed by atoms with Crippen molar-refractivity contribution in [2.24, 2.45) is 0 Å². The molecule has 0 aliphatic heterocycles. The molecule has 2 aromatic rings. The number of furan rings is 1. The number of carbonyl (C=O) groups is 1. The minimum absolute atomic E-state index is 0.305. The van der Waals surface area contributed by atoms with E-state index in [1.165, 1.54) is 0 Å². The molecule has 3 rings (SSSR count). The van der Waals surface area contributed by atoms with E-state index in [9.17, 15) is 4.79 Å². The maximum atomic E-state index is 11.3. The molecule has 0 amide bonds. The first-order valence-corrected chi connectivity index (χ1v) is 5.75. The van der Waals surface area contributed by atoms with Gasteiger partial charge in [0.2, 0.25) is 0 Å². The molecular formula is C14H14O2. The molecule has 16 heavy (non-hydrogen) atoms. The zero-order chi connectivity index (χ0) is 11.1. The number of para-hydroxylation sites is 1. The van der Waals surface area contributed by atoms with Crippen LogP contribution in [0, 0.1) is 6.92 Å². The average Bonchev–Trinajstić information content (AvgIpc) is 2.84. The van der Waals surface area contributed by atoms with E-state index in [0.717, 1.165) is 28.7 Å². The second-order valence-electron chi connectivity index (χ2n) is 4.62. The van der Waals surface area contributed by atoms with Gasteiger partial charge in [-0.15, -0.1) is 0 Å². The quantitative estimate of drug-likeness (QED) is 0.726. The van der Waals surface area contributed by atoms with Crippen LogP contribution in [0.15, 0.2) is 28.7 Å². The summed E-state index contributed by atoms with van der Waals surface area (Å²) in [7, 11) is 0. The Bertz CT molecular complexity index is 551. The lowest BCUT2D eigenvalue weighted by molar-refractivity contribution is -0.117. The van der Waals surface area contributed by atoms with E-state index in [0.29, 0.717) is 24.5 Å². The molecule has 0 bridgehead atoms. The van der Waals surface area contributed by atoms with Gasteiger partial charge >= 0.3 is 0 Å². The van der Waals surface area contributed by atoms with Gasteiger partial charge in [0.05, 0.1) is 0 Å². The van der Waals surface area contributed by atoms with Gasteiger partial charge in [-0.2, -0.15) is 0 Å². The second kappa shape index (κ2) is 3.48. The Balaban J connectivity index is 2.05. The summed E-state index contributed by atoms with van der Waals surface area (Å²) < 4.78 is 5.88. The third kappa shape index (κ3) is 1.45. The van der Waals surface area contributed by atoms with Crippen molar-refractivity contribution in [2.75, 3.05) is 0 Å². The van der Waals surface area contributed by atoms with Crippen LogP contribution >= 0.6 is 0 Å². The SMILES string of the molecule is Cc1cccc2cc(C3CCC(=O)C3)oc12. The zero-order valence-corrected chi connectivity index (χ0v) is 9.32. The molecule has 0 spiro atoms. The van der Waals surface area contributed by atoms with Crippen LogP contribution in [0.2, 0.25) is 0 Å². The van der Waals surface area contributed by atoms with Gasteiger partial charge in [0, 0.05) is 24.1 Å². The number of aryl methyl sites for hydroxylation is 1. The summed E-state index contributed by atoms with van der Waals surface area (Å²) in [4.78, 5) is 11.3. The number of hydrogen-bond acceptors (Lipinski definition) is 2. The Labute approximate surface area is 94.3 Å². The summed E-state index contributed by atoms with van der Waals surface area (Å²) >= 11 is 0. The van der Waals surface area contributed by atoms with E-state index in [2.05, 4.69) is 25.1 Å². The number of Topliss-reactive ketones (excluding diaryl/α,β-unsaturated/α-hetero) is 1. The molecule has 1 heterocycles.